The van der Waals surface area contributed by atoms with Gasteiger partial charge in [0.05, 0.1) is 0 Å². The van der Waals surface area contributed by atoms with E-state index in [1.807, 2.05) is 11.8 Å². The predicted molar refractivity (Wildman–Crippen MR) is 133 cm³/mol. The van der Waals surface area contributed by atoms with Crippen LogP contribution in [0.1, 0.15) is 18.7 Å². The minimum atomic E-state index is -1.23. The molecule has 1 fully saturated rings. The zero-order valence-electron chi connectivity index (χ0n) is 16.3. The molecule has 1 aromatic heterocycles. The third-order valence-electron chi connectivity index (χ3n) is 3.88. The Balaban J connectivity index is 1.87. The number of urea groups is 1. The Labute approximate surface area is 209 Å². The van der Waals surface area contributed by atoms with Gasteiger partial charge in [0.1, 0.15) is 12.1 Å². The average molecular weight is 623 g/mol. The number of halogens is 1. The van der Waals surface area contributed by atoms with Crippen molar-refractivity contribution in [2.45, 2.75) is 32.8 Å². The smallest absolute Gasteiger partial charge is 0.327 e. The van der Waals surface area contributed by atoms with Crippen LogP contribution in [0.4, 0.5) is 4.79 Å². The second kappa shape index (κ2) is 13.8. The summed E-state index contributed by atoms with van der Waals surface area (Å²) < 4.78 is -0.233. The molecule has 3 atom stereocenters. The number of aliphatic carboxylic acids is 2. The topological polar surface area (TPSA) is 170 Å². The Morgan fingerprint density at radius 1 is 1.13 bits per heavy atom. The van der Waals surface area contributed by atoms with Crippen LogP contribution in [0.3, 0.4) is 0 Å². The van der Waals surface area contributed by atoms with E-state index in [0.717, 1.165) is 29.4 Å². The van der Waals surface area contributed by atoms with Crippen LogP contribution < -0.4 is 10.6 Å². The van der Waals surface area contributed by atoms with Crippen LogP contribution in [-0.2, 0) is 16.0 Å². The van der Waals surface area contributed by atoms with Gasteiger partial charge in [0, 0.05) is 23.7 Å². The lowest BCUT2D eigenvalue weighted by atomic mass is 10.1. The quantitative estimate of drug-likeness (QED) is 0.189. The molecule has 174 valence electrons. The lowest BCUT2D eigenvalue weighted by Crippen LogP contribution is -2.52. The van der Waals surface area contributed by atoms with E-state index in [-0.39, 0.29) is 20.0 Å². The van der Waals surface area contributed by atoms with Crippen molar-refractivity contribution in [2.24, 2.45) is 0 Å². The van der Waals surface area contributed by atoms with Crippen LogP contribution in [0, 0.1) is 0 Å². The zero-order chi connectivity index (χ0) is 22.7. The van der Waals surface area contributed by atoms with Gasteiger partial charge < -0.3 is 20.8 Å². The number of aromatic amines is 1. The summed E-state index contributed by atoms with van der Waals surface area (Å²) in [4.78, 5) is 35.4. The van der Waals surface area contributed by atoms with Gasteiger partial charge in [0.2, 0.25) is 0 Å². The number of hydrogen-bond acceptors (Lipinski definition) is 10. The van der Waals surface area contributed by atoms with Crippen LogP contribution in [0.2, 0.25) is 0 Å². The van der Waals surface area contributed by atoms with Crippen molar-refractivity contribution in [1.82, 2.24) is 31.3 Å². The first-order valence-electron chi connectivity index (χ1n) is 9.22. The Hall–Kier alpha value is -0.590. The van der Waals surface area contributed by atoms with Crippen molar-refractivity contribution in [2.75, 3.05) is 28.8 Å². The van der Waals surface area contributed by atoms with Gasteiger partial charge in [-0.05, 0) is 46.9 Å². The Kier molecular flexibility index (Phi) is 11.9. The minimum absolute atomic E-state index is 0.0386. The van der Waals surface area contributed by atoms with Gasteiger partial charge in [-0.25, -0.2) is 14.4 Å². The molecule has 0 spiro atoms. The normalized spacial score (nSPS) is 21.7. The van der Waals surface area contributed by atoms with Gasteiger partial charge in [0.25, 0.3) is 0 Å². The molecule has 11 nitrogen and oxygen atoms in total. The number of rotatable bonds is 10. The van der Waals surface area contributed by atoms with Crippen LogP contribution in [-0.4, -0.2) is 91.1 Å². The lowest BCUT2D eigenvalue weighted by molar-refractivity contribution is -0.139. The SMILES string of the molecule is O=C(N[C@@H](CCc1nn[nH]n1)C(=O)O)N[C@@H](CSC1(I)SCCCSCCS1)C(=O)O. The predicted octanol–water partition coefficient (Wildman–Crippen LogP) is 1.72. The molecule has 1 aromatic rings. The fraction of sp³-hybridized carbons (Fsp3) is 0.733. The molecule has 0 bridgehead atoms. The summed E-state index contributed by atoms with van der Waals surface area (Å²) in [6.07, 6.45) is 1.33. The van der Waals surface area contributed by atoms with Crippen LogP contribution in [0.5, 0.6) is 0 Å². The first-order valence-corrected chi connectivity index (χ1v) is 14.4. The molecule has 1 saturated heterocycles. The van der Waals surface area contributed by atoms with Crippen molar-refractivity contribution < 1.29 is 24.6 Å². The van der Waals surface area contributed by atoms with Gasteiger partial charge in [0.15, 0.2) is 7.24 Å². The third-order valence-corrected chi connectivity index (χ3v) is 12.6. The number of tetrazole rings is 1. The van der Waals surface area contributed by atoms with E-state index in [1.165, 1.54) is 11.8 Å². The molecule has 2 rings (SSSR count). The third kappa shape index (κ3) is 10.3. The van der Waals surface area contributed by atoms with E-state index in [4.69, 9.17) is 0 Å². The molecule has 0 saturated carbocycles. The van der Waals surface area contributed by atoms with Gasteiger partial charge in [-0.15, -0.1) is 45.5 Å². The maximum Gasteiger partial charge on any atom is 0.327 e. The maximum atomic E-state index is 12.3. The van der Waals surface area contributed by atoms with E-state index in [0.29, 0.717) is 5.82 Å². The summed E-state index contributed by atoms with van der Waals surface area (Å²) >= 11 is 9.32. The number of aryl methyl sites for hydroxylation is 1. The summed E-state index contributed by atoms with van der Waals surface area (Å²) in [5.41, 5.74) is 0. The van der Waals surface area contributed by atoms with Crippen molar-refractivity contribution >= 4 is 87.6 Å². The molecule has 5 N–H and O–H groups in total. The average Bonchev–Trinajstić information content (AvgIpc) is 3.25. The monoisotopic (exact) mass is 622 g/mol. The molecule has 31 heavy (non-hydrogen) atoms. The van der Waals surface area contributed by atoms with E-state index in [2.05, 4.69) is 53.8 Å². The molecule has 2 amide bonds. The highest BCUT2D eigenvalue weighted by molar-refractivity contribution is 14.1. The summed E-state index contributed by atoms with van der Waals surface area (Å²) in [6, 6.07) is -3.21. The number of amides is 2. The molecule has 0 aromatic carbocycles. The molecule has 1 aliphatic rings. The second-order valence-corrected chi connectivity index (χ2v) is 15.9. The number of carbonyl (C=O) groups is 3. The maximum absolute atomic E-state index is 12.3. The number of hydrogen-bond donors (Lipinski definition) is 5. The molecule has 16 heteroatoms. The van der Waals surface area contributed by atoms with Gasteiger partial charge in [-0.1, -0.05) is 5.21 Å². The fourth-order valence-electron chi connectivity index (χ4n) is 2.34. The van der Waals surface area contributed by atoms with Crippen LogP contribution in [0.25, 0.3) is 0 Å². The highest BCUT2D eigenvalue weighted by Crippen LogP contribution is 2.53. The number of carbonyl (C=O) groups excluding carboxylic acids is 1. The van der Waals surface area contributed by atoms with Gasteiger partial charge >= 0.3 is 18.0 Å². The molecule has 1 aliphatic heterocycles. The van der Waals surface area contributed by atoms with Crippen molar-refractivity contribution in [3.05, 3.63) is 5.82 Å². The number of nitrogens with zero attached hydrogens (tertiary/aromatic N) is 3. The molecular weight excluding hydrogens is 599 g/mol. The number of carboxylic acid groups (broad SMARTS) is 2. The number of H-pyrrole nitrogens is 1. The molecule has 2 heterocycles. The second-order valence-electron chi connectivity index (χ2n) is 6.22. The summed E-state index contributed by atoms with van der Waals surface area (Å²) in [5.74, 6) is 2.23. The first kappa shape index (κ1) is 26.7. The lowest BCUT2D eigenvalue weighted by Gasteiger charge is -2.27. The van der Waals surface area contributed by atoms with Crippen molar-refractivity contribution in [3.8, 4) is 0 Å². The number of thioether (sulfide) groups is 4. The summed E-state index contributed by atoms with van der Waals surface area (Å²) in [6.45, 7) is 0. The number of aromatic nitrogens is 4. The molecular formula is C15H23IN6O5S4. The van der Waals surface area contributed by atoms with Gasteiger partial charge in [-0.2, -0.15) is 17.0 Å². The van der Waals surface area contributed by atoms with E-state index >= 15 is 0 Å². The number of nitrogens with one attached hydrogen (secondary N) is 3. The Morgan fingerprint density at radius 2 is 1.84 bits per heavy atom. The summed E-state index contributed by atoms with van der Waals surface area (Å²) in [5, 5.41) is 36.7. The van der Waals surface area contributed by atoms with Crippen molar-refractivity contribution in [1.29, 1.82) is 0 Å². The fourth-order valence-corrected chi connectivity index (χ4v) is 9.52. The van der Waals surface area contributed by atoms with Crippen molar-refractivity contribution in [3.63, 3.8) is 0 Å². The number of carboxylic acids is 2. The zero-order valence-corrected chi connectivity index (χ0v) is 21.7. The molecule has 1 unspecified atom stereocenters. The summed E-state index contributed by atoms with van der Waals surface area (Å²) in [7, 11) is 0. The minimum Gasteiger partial charge on any atom is -0.480 e. The first-order chi connectivity index (χ1) is 14.8. The molecule has 0 radical (unpaired) electrons. The standard InChI is InChI=1S/C15H23IN6O5S4/c16-15(29-5-1-4-28-6-7-30-15)31-8-10(13(25)26)18-14(27)17-9(12(23)24)2-3-11-19-21-22-20-11/h9-10H,1-8H2,(H,23,24)(H,25,26)(H2,17,18,27)(H,19,20,21,22)/t9-,10-,15?/m0/s1. The highest BCUT2D eigenvalue weighted by atomic mass is 127. The molecule has 0 aliphatic carbocycles. The Morgan fingerprint density at radius 3 is 2.52 bits per heavy atom. The van der Waals surface area contributed by atoms with Gasteiger partial charge in [-0.3, -0.25) is 0 Å². The van der Waals surface area contributed by atoms with Crippen LogP contribution >= 0.6 is 69.6 Å². The highest BCUT2D eigenvalue weighted by Gasteiger charge is 2.32. The number of alkyl halides is 1. The van der Waals surface area contributed by atoms with E-state index in [9.17, 15) is 24.6 Å². The Bertz CT molecular complexity index is 721. The van der Waals surface area contributed by atoms with Crippen LogP contribution in [0.15, 0.2) is 0 Å². The van der Waals surface area contributed by atoms with E-state index < -0.39 is 30.1 Å². The van der Waals surface area contributed by atoms with E-state index in [1.54, 1.807) is 23.5 Å². The largest absolute Gasteiger partial charge is 0.480 e.